The molecule has 0 aromatic heterocycles. The molecule has 0 saturated heterocycles. The molecule has 0 heterocycles. The maximum absolute atomic E-state index is 4.08. The zero-order valence-corrected chi connectivity index (χ0v) is 7.53. The summed E-state index contributed by atoms with van der Waals surface area (Å²) < 4.78 is 0. The lowest BCUT2D eigenvalue weighted by molar-refractivity contribution is 0.677. The quantitative estimate of drug-likeness (QED) is 0.561. The SMILES string of the molecule is C=C1CCCC/C1=C/CCC. The van der Waals surface area contributed by atoms with Gasteiger partial charge in [0.05, 0.1) is 0 Å². The smallest absolute Gasteiger partial charge is 0.0279 e. The topological polar surface area (TPSA) is 0 Å². The summed E-state index contributed by atoms with van der Waals surface area (Å²) in [6, 6.07) is 0. The van der Waals surface area contributed by atoms with Gasteiger partial charge in [-0.3, -0.25) is 0 Å². The monoisotopic (exact) mass is 150 g/mol. The van der Waals surface area contributed by atoms with E-state index in [-0.39, 0.29) is 0 Å². The van der Waals surface area contributed by atoms with Crippen molar-refractivity contribution in [1.82, 2.24) is 0 Å². The van der Waals surface area contributed by atoms with Gasteiger partial charge in [-0.1, -0.05) is 31.6 Å². The van der Waals surface area contributed by atoms with Crippen molar-refractivity contribution in [3.05, 3.63) is 23.8 Å². The molecule has 0 atom stereocenters. The molecule has 1 aliphatic rings. The summed E-state index contributed by atoms with van der Waals surface area (Å²) in [5.41, 5.74) is 2.93. The third-order valence-corrected chi connectivity index (χ3v) is 2.31. The van der Waals surface area contributed by atoms with Crippen molar-refractivity contribution in [1.29, 1.82) is 0 Å². The Hall–Kier alpha value is -0.520. The van der Waals surface area contributed by atoms with E-state index in [0.29, 0.717) is 0 Å². The molecule has 1 rings (SSSR count). The van der Waals surface area contributed by atoms with Gasteiger partial charge in [-0.25, -0.2) is 0 Å². The van der Waals surface area contributed by atoms with Crippen LogP contribution in [0.5, 0.6) is 0 Å². The maximum Gasteiger partial charge on any atom is -0.0279 e. The van der Waals surface area contributed by atoms with Gasteiger partial charge in [0.1, 0.15) is 0 Å². The Labute approximate surface area is 70.0 Å². The molecule has 1 aliphatic carbocycles. The lowest BCUT2D eigenvalue weighted by Crippen LogP contribution is -1.96. The van der Waals surface area contributed by atoms with E-state index in [0.717, 1.165) is 0 Å². The van der Waals surface area contributed by atoms with Crippen LogP contribution in [0.3, 0.4) is 0 Å². The predicted molar refractivity (Wildman–Crippen MR) is 50.6 cm³/mol. The molecule has 0 radical (unpaired) electrons. The van der Waals surface area contributed by atoms with Crippen LogP contribution in [0.25, 0.3) is 0 Å². The second-order valence-electron chi connectivity index (χ2n) is 3.33. The number of unbranched alkanes of at least 4 members (excludes halogenated alkanes) is 1. The van der Waals surface area contributed by atoms with Crippen molar-refractivity contribution in [2.24, 2.45) is 0 Å². The second kappa shape index (κ2) is 4.38. The van der Waals surface area contributed by atoms with E-state index in [1.807, 2.05) is 0 Å². The van der Waals surface area contributed by atoms with Crippen molar-refractivity contribution in [3.63, 3.8) is 0 Å². The standard InChI is InChI=1S/C11H18/c1-3-4-8-11-9-6-5-7-10(11)2/h8H,2-7,9H2,1H3/b11-8-. The summed E-state index contributed by atoms with van der Waals surface area (Å²) >= 11 is 0. The Kier molecular flexibility index (Phi) is 3.41. The van der Waals surface area contributed by atoms with Crippen LogP contribution in [0, 0.1) is 0 Å². The van der Waals surface area contributed by atoms with Crippen molar-refractivity contribution in [2.45, 2.75) is 45.4 Å². The second-order valence-corrected chi connectivity index (χ2v) is 3.33. The number of hydrogen-bond acceptors (Lipinski definition) is 0. The zero-order valence-electron chi connectivity index (χ0n) is 7.53. The lowest BCUT2D eigenvalue weighted by Gasteiger charge is -2.16. The molecule has 0 aliphatic heterocycles. The Bertz CT molecular complexity index is 163. The third kappa shape index (κ3) is 2.53. The molecule has 11 heavy (non-hydrogen) atoms. The minimum atomic E-state index is 1.23. The highest BCUT2D eigenvalue weighted by atomic mass is 14.1. The Balaban J connectivity index is 2.47. The average Bonchev–Trinajstić information content (AvgIpc) is 2.03. The Morgan fingerprint density at radius 1 is 1.36 bits per heavy atom. The third-order valence-electron chi connectivity index (χ3n) is 2.31. The van der Waals surface area contributed by atoms with Gasteiger partial charge in [0.15, 0.2) is 0 Å². The first-order valence-electron chi connectivity index (χ1n) is 4.71. The van der Waals surface area contributed by atoms with Gasteiger partial charge in [0.2, 0.25) is 0 Å². The normalized spacial score (nSPS) is 22.6. The Morgan fingerprint density at radius 3 is 2.73 bits per heavy atom. The number of allylic oxidation sites excluding steroid dienone is 3. The van der Waals surface area contributed by atoms with E-state index in [4.69, 9.17) is 0 Å². The predicted octanol–water partition coefficient (Wildman–Crippen LogP) is 3.84. The minimum absolute atomic E-state index is 1.23. The molecule has 0 aromatic carbocycles. The molecule has 0 amide bonds. The summed E-state index contributed by atoms with van der Waals surface area (Å²) in [6.07, 6.45) is 10.1. The van der Waals surface area contributed by atoms with E-state index in [1.54, 1.807) is 0 Å². The average molecular weight is 150 g/mol. The number of rotatable bonds is 2. The van der Waals surface area contributed by atoms with Gasteiger partial charge >= 0.3 is 0 Å². The van der Waals surface area contributed by atoms with Crippen LogP contribution in [0.2, 0.25) is 0 Å². The van der Waals surface area contributed by atoms with Crippen LogP contribution in [0.1, 0.15) is 45.4 Å². The summed E-state index contributed by atoms with van der Waals surface area (Å²) in [6.45, 7) is 6.31. The molecule has 0 N–H and O–H groups in total. The van der Waals surface area contributed by atoms with Crippen molar-refractivity contribution in [3.8, 4) is 0 Å². The van der Waals surface area contributed by atoms with Gasteiger partial charge in [0, 0.05) is 0 Å². The van der Waals surface area contributed by atoms with E-state index >= 15 is 0 Å². The summed E-state index contributed by atoms with van der Waals surface area (Å²) in [7, 11) is 0. The van der Waals surface area contributed by atoms with Gasteiger partial charge in [-0.15, -0.1) is 0 Å². The Morgan fingerprint density at radius 2 is 2.09 bits per heavy atom. The van der Waals surface area contributed by atoms with Gasteiger partial charge in [-0.2, -0.15) is 0 Å². The van der Waals surface area contributed by atoms with Crippen LogP contribution in [0.15, 0.2) is 23.8 Å². The van der Waals surface area contributed by atoms with Crippen molar-refractivity contribution >= 4 is 0 Å². The maximum atomic E-state index is 4.08. The van der Waals surface area contributed by atoms with Crippen LogP contribution in [-0.4, -0.2) is 0 Å². The molecule has 1 fully saturated rings. The lowest BCUT2D eigenvalue weighted by atomic mass is 9.90. The van der Waals surface area contributed by atoms with Crippen LogP contribution < -0.4 is 0 Å². The first-order valence-corrected chi connectivity index (χ1v) is 4.71. The molecule has 1 saturated carbocycles. The summed E-state index contributed by atoms with van der Waals surface area (Å²) in [5, 5.41) is 0. The van der Waals surface area contributed by atoms with Gasteiger partial charge in [0.25, 0.3) is 0 Å². The summed E-state index contributed by atoms with van der Waals surface area (Å²) in [5.74, 6) is 0. The van der Waals surface area contributed by atoms with E-state index in [9.17, 15) is 0 Å². The van der Waals surface area contributed by atoms with Crippen molar-refractivity contribution in [2.75, 3.05) is 0 Å². The molecule has 0 aromatic rings. The molecular formula is C11H18. The van der Waals surface area contributed by atoms with Gasteiger partial charge < -0.3 is 0 Å². The fourth-order valence-corrected chi connectivity index (χ4v) is 1.56. The molecular weight excluding hydrogens is 132 g/mol. The first kappa shape index (κ1) is 8.58. The molecule has 0 spiro atoms. The van der Waals surface area contributed by atoms with Crippen LogP contribution >= 0.6 is 0 Å². The highest BCUT2D eigenvalue weighted by molar-refractivity contribution is 5.29. The largest absolute Gasteiger partial charge is 0.0956 e. The first-order chi connectivity index (χ1) is 5.34. The molecule has 0 nitrogen and oxygen atoms in total. The minimum Gasteiger partial charge on any atom is -0.0956 e. The number of hydrogen-bond donors (Lipinski definition) is 0. The highest BCUT2D eigenvalue weighted by Crippen LogP contribution is 2.27. The molecule has 0 heteroatoms. The molecule has 0 bridgehead atoms. The van der Waals surface area contributed by atoms with Gasteiger partial charge in [-0.05, 0) is 37.7 Å². The fourth-order valence-electron chi connectivity index (χ4n) is 1.56. The zero-order chi connectivity index (χ0) is 8.10. The van der Waals surface area contributed by atoms with E-state index < -0.39 is 0 Å². The van der Waals surface area contributed by atoms with Crippen LogP contribution in [-0.2, 0) is 0 Å². The van der Waals surface area contributed by atoms with E-state index in [1.165, 1.54) is 49.7 Å². The van der Waals surface area contributed by atoms with Crippen molar-refractivity contribution < 1.29 is 0 Å². The van der Waals surface area contributed by atoms with Crippen LogP contribution in [0.4, 0.5) is 0 Å². The fraction of sp³-hybridized carbons (Fsp3) is 0.636. The highest BCUT2D eigenvalue weighted by Gasteiger charge is 2.07. The summed E-state index contributed by atoms with van der Waals surface area (Å²) in [4.78, 5) is 0. The molecule has 62 valence electrons. The molecule has 0 unspecified atom stereocenters. The van der Waals surface area contributed by atoms with E-state index in [2.05, 4.69) is 19.6 Å².